The molecule has 0 unspecified atom stereocenters. The van der Waals surface area contributed by atoms with Gasteiger partial charge in [-0.2, -0.15) is 0 Å². The molecule has 4 nitrogen and oxygen atoms in total. The minimum absolute atomic E-state index is 0.342. The van der Waals surface area contributed by atoms with Crippen LogP contribution in [0, 0.1) is 0 Å². The molecule has 1 aromatic heterocycles. The first kappa shape index (κ1) is 14.7. The summed E-state index contributed by atoms with van der Waals surface area (Å²) in [5.74, 6) is -1.05. The third-order valence-corrected chi connectivity index (χ3v) is 3.18. The molecule has 0 fully saturated rings. The van der Waals surface area contributed by atoms with Crippen molar-refractivity contribution in [1.82, 2.24) is 0 Å². The molecule has 0 spiro atoms. The number of thiophene rings is 1. The second-order valence-electron chi connectivity index (χ2n) is 3.86. The van der Waals surface area contributed by atoms with Gasteiger partial charge < -0.3 is 9.47 Å². The summed E-state index contributed by atoms with van der Waals surface area (Å²) in [6.45, 7) is 3.30. The molecule has 0 aliphatic heterocycles. The molecule has 0 saturated heterocycles. The molecule has 0 aliphatic rings. The van der Waals surface area contributed by atoms with Gasteiger partial charge in [0.25, 0.3) is 0 Å². The van der Waals surface area contributed by atoms with Gasteiger partial charge in [0, 0.05) is 12.2 Å². The summed E-state index contributed by atoms with van der Waals surface area (Å²) in [6, 6.07) is 12.5. The maximum absolute atomic E-state index is 11.6. The smallest absolute Gasteiger partial charge is 0.336 e. The first-order chi connectivity index (χ1) is 10.2. The summed E-state index contributed by atoms with van der Waals surface area (Å²) in [5, 5.41) is 0.694. The number of hydrogen-bond donors (Lipinski definition) is 0. The van der Waals surface area contributed by atoms with Crippen molar-refractivity contribution >= 4 is 29.4 Å². The van der Waals surface area contributed by atoms with E-state index >= 15 is 0 Å². The molecule has 0 atom stereocenters. The third kappa shape index (κ3) is 4.74. The zero-order chi connectivity index (χ0) is 15.1. The molecule has 5 heteroatoms. The van der Waals surface area contributed by atoms with E-state index in [0.29, 0.717) is 10.1 Å². The maximum Gasteiger partial charge on any atom is 0.336 e. The molecule has 106 valence electrons. The molecule has 1 aromatic carbocycles. The van der Waals surface area contributed by atoms with Gasteiger partial charge in [-0.15, -0.1) is 0 Å². The van der Waals surface area contributed by atoms with Crippen LogP contribution in [-0.2, 0) is 9.59 Å². The summed E-state index contributed by atoms with van der Waals surface area (Å²) in [5.41, 5.74) is 0.904. The highest BCUT2D eigenvalue weighted by molar-refractivity contribution is 7.15. The molecule has 0 amide bonds. The minimum Gasteiger partial charge on any atom is -0.412 e. The van der Waals surface area contributed by atoms with Crippen LogP contribution in [0.25, 0.3) is 6.08 Å². The van der Waals surface area contributed by atoms with Crippen LogP contribution in [0.5, 0.6) is 10.1 Å². The van der Waals surface area contributed by atoms with Gasteiger partial charge >= 0.3 is 11.9 Å². The van der Waals surface area contributed by atoms with E-state index in [4.69, 9.17) is 9.47 Å². The van der Waals surface area contributed by atoms with Crippen molar-refractivity contribution in [3.63, 3.8) is 0 Å². The van der Waals surface area contributed by atoms with Crippen molar-refractivity contribution in [2.24, 2.45) is 0 Å². The third-order valence-electron chi connectivity index (χ3n) is 2.34. The molecular weight excluding hydrogens is 288 g/mol. The monoisotopic (exact) mass is 300 g/mol. The molecule has 1 heterocycles. The van der Waals surface area contributed by atoms with Crippen LogP contribution in [0.2, 0.25) is 0 Å². The van der Waals surface area contributed by atoms with Crippen LogP contribution in [0.3, 0.4) is 0 Å². The summed E-state index contributed by atoms with van der Waals surface area (Å²) in [6.07, 6.45) is 4.06. The number of benzene rings is 1. The van der Waals surface area contributed by atoms with Gasteiger partial charge in [-0.1, -0.05) is 48.2 Å². The van der Waals surface area contributed by atoms with Gasteiger partial charge in [0.15, 0.2) is 10.1 Å². The van der Waals surface area contributed by atoms with E-state index in [0.717, 1.165) is 23.0 Å². The van der Waals surface area contributed by atoms with Crippen molar-refractivity contribution in [3.05, 3.63) is 66.8 Å². The first-order valence-electron chi connectivity index (χ1n) is 6.06. The lowest BCUT2D eigenvalue weighted by atomic mass is 10.2. The van der Waals surface area contributed by atoms with Crippen molar-refractivity contribution in [2.75, 3.05) is 0 Å². The zero-order valence-corrected chi connectivity index (χ0v) is 11.8. The molecule has 0 N–H and O–H groups in total. The topological polar surface area (TPSA) is 52.6 Å². The fourth-order valence-electron chi connectivity index (χ4n) is 1.42. The quantitative estimate of drug-likeness (QED) is 0.627. The van der Waals surface area contributed by atoms with Crippen LogP contribution in [-0.4, -0.2) is 11.9 Å². The second-order valence-corrected chi connectivity index (χ2v) is 4.87. The Morgan fingerprint density at radius 2 is 1.57 bits per heavy atom. The Bertz CT molecular complexity index is 671. The SMILES string of the molecule is C=CC(=O)Oc1ccc(OC(=O)C=Cc2ccccc2)s1. The summed E-state index contributed by atoms with van der Waals surface area (Å²) >= 11 is 1.06. The Kier molecular flexibility index (Phi) is 5.06. The normalized spacial score (nSPS) is 10.3. The first-order valence-corrected chi connectivity index (χ1v) is 6.88. The highest BCUT2D eigenvalue weighted by Gasteiger charge is 2.07. The van der Waals surface area contributed by atoms with E-state index in [9.17, 15) is 9.59 Å². The molecule has 0 saturated carbocycles. The highest BCUT2D eigenvalue weighted by Crippen LogP contribution is 2.31. The van der Waals surface area contributed by atoms with Crippen molar-refractivity contribution < 1.29 is 19.1 Å². The summed E-state index contributed by atoms with van der Waals surface area (Å²) in [4.78, 5) is 22.7. The predicted molar refractivity (Wildman–Crippen MR) is 81.3 cm³/mol. The Hall–Kier alpha value is -2.66. The number of carbonyl (C=O) groups excluding carboxylic acids is 2. The Balaban J connectivity index is 1.92. The van der Waals surface area contributed by atoms with E-state index in [1.807, 2.05) is 30.3 Å². The number of hydrogen-bond acceptors (Lipinski definition) is 5. The summed E-state index contributed by atoms with van der Waals surface area (Å²) < 4.78 is 10.0. The van der Waals surface area contributed by atoms with Gasteiger partial charge in [0.05, 0.1) is 0 Å². The molecule has 0 aliphatic carbocycles. The second kappa shape index (κ2) is 7.21. The number of esters is 2. The van der Waals surface area contributed by atoms with E-state index < -0.39 is 11.9 Å². The van der Waals surface area contributed by atoms with Crippen LogP contribution in [0.15, 0.2) is 61.2 Å². The predicted octanol–water partition coefficient (Wildman–Crippen LogP) is 3.46. The average molecular weight is 300 g/mol. The zero-order valence-electron chi connectivity index (χ0n) is 11.0. The van der Waals surface area contributed by atoms with Crippen LogP contribution < -0.4 is 9.47 Å². The minimum atomic E-state index is -0.557. The van der Waals surface area contributed by atoms with Crippen LogP contribution >= 0.6 is 11.3 Å². The lowest BCUT2D eigenvalue weighted by Gasteiger charge is -1.97. The Morgan fingerprint density at radius 3 is 2.19 bits per heavy atom. The molecule has 21 heavy (non-hydrogen) atoms. The van der Waals surface area contributed by atoms with E-state index in [2.05, 4.69) is 6.58 Å². The maximum atomic E-state index is 11.6. The average Bonchev–Trinajstić information content (AvgIpc) is 2.93. The fraction of sp³-hybridized carbons (Fsp3) is 0. The number of rotatable bonds is 5. The van der Waals surface area contributed by atoms with Crippen LogP contribution in [0.4, 0.5) is 0 Å². The Morgan fingerprint density at radius 1 is 0.952 bits per heavy atom. The number of carbonyl (C=O) groups is 2. The largest absolute Gasteiger partial charge is 0.412 e. The molecular formula is C16H12O4S. The lowest BCUT2D eigenvalue weighted by molar-refractivity contribution is -0.129. The van der Waals surface area contributed by atoms with Gasteiger partial charge in [0.2, 0.25) is 0 Å². The molecule has 0 radical (unpaired) electrons. The van der Waals surface area contributed by atoms with E-state index in [1.165, 1.54) is 6.08 Å². The molecule has 2 aromatic rings. The van der Waals surface area contributed by atoms with Gasteiger partial charge in [0.1, 0.15) is 0 Å². The van der Waals surface area contributed by atoms with Crippen molar-refractivity contribution in [1.29, 1.82) is 0 Å². The van der Waals surface area contributed by atoms with Crippen molar-refractivity contribution in [3.8, 4) is 10.1 Å². The standard InChI is InChI=1S/C16H12O4S/c1-2-13(17)19-15-10-11-16(21-15)20-14(18)9-8-12-6-4-3-5-7-12/h2-11H,1H2. The summed E-state index contributed by atoms with van der Waals surface area (Å²) in [7, 11) is 0. The molecule has 2 rings (SSSR count). The lowest BCUT2D eigenvalue weighted by Crippen LogP contribution is -2.02. The molecule has 0 bridgehead atoms. The highest BCUT2D eigenvalue weighted by atomic mass is 32.1. The Labute approximate surface area is 125 Å². The van der Waals surface area contributed by atoms with Gasteiger partial charge in [-0.05, 0) is 23.8 Å². The van der Waals surface area contributed by atoms with Crippen LogP contribution in [0.1, 0.15) is 5.56 Å². The van der Waals surface area contributed by atoms with Gasteiger partial charge in [-0.25, -0.2) is 9.59 Å². The van der Waals surface area contributed by atoms with E-state index in [-0.39, 0.29) is 0 Å². The van der Waals surface area contributed by atoms with E-state index in [1.54, 1.807) is 18.2 Å². The fourth-order valence-corrected chi connectivity index (χ4v) is 2.13. The van der Waals surface area contributed by atoms with Crippen molar-refractivity contribution in [2.45, 2.75) is 0 Å². The number of ether oxygens (including phenoxy) is 2. The van der Waals surface area contributed by atoms with Gasteiger partial charge in [-0.3, -0.25) is 0 Å².